The van der Waals surface area contributed by atoms with Gasteiger partial charge in [-0.05, 0) is 43.9 Å². The van der Waals surface area contributed by atoms with Crippen molar-refractivity contribution in [2.75, 3.05) is 13.2 Å². The van der Waals surface area contributed by atoms with Crippen LogP contribution >= 0.6 is 23.2 Å². The van der Waals surface area contributed by atoms with Crippen molar-refractivity contribution in [1.29, 1.82) is 0 Å². The second-order valence-electron chi connectivity index (χ2n) is 10.4. The lowest BCUT2D eigenvalue weighted by Crippen LogP contribution is -2.41. The summed E-state index contributed by atoms with van der Waals surface area (Å²) in [5, 5.41) is 21.8. The van der Waals surface area contributed by atoms with Crippen molar-refractivity contribution in [3.05, 3.63) is 87.4 Å². The summed E-state index contributed by atoms with van der Waals surface area (Å²) in [6.07, 6.45) is 1.40. The zero-order valence-corrected chi connectivity index (χ0v) is 24.9. The maximum absolute atomic E-state index is 14.4. The number of Topliss-reactive ketones (excluding diaryl/α,β-unsaturated/α-hetero) is 1. The molecule has 1 heterocycles. The van der Waals surface area contributed by atoms with Gasteiger partial charge in [0.05, 0.1) is 11.1 Å². The van der Waals surface area contributed by atoms with Crippen molar-refractivity contribution in [2.24, 2.45) is 0 Å². The number of halogens is 2. The van der Waals surface area contributed by atoms with Crippen LogP contribution in [0.5, 0.6) is 11.5 Å². The number of carboxylic acids is 2. The Morgan fingerprint density at radius 3 is 1.91 bits per heavy atom. The molecule has 0 bridgehead atoms. The molecule has 5 rings (SSSR count). The van der Waals surface area contributed by atoms with Gasteiger partial charge in [-0.3, -0.25) is 4.79 Å². The number of benzene rings is 4. The number of rotatable bonds is 10. The van der Waals surface area contributed by atoms with E-state index in [2.05, 4.69) is 0 Å². The summed E-state index contributed by atoms with van der Waals surface area (Å²) in [6, 6.07) is 17.3. The maximum atomic E-state index is 14.4. The average Bonchev–Trinajstić information content (AvgIpc) is 2.99. The van der Waals surface area contributed by atoms with Gasteiger partial charge in [-0.1, -0.05) is 78.7 Å². The molecule has 43 heavy (non-hydrogen) atoms. The number of carboxylic acid groups (broad SMARTS) is 2. The predicted molar refractivity (Wildman–Crippen MR) is 164 cm³/mol. The van der Waals surface area contributed by atoms with Gasteiger partial charge in [0, 0.05) is 31.6 Å². The van der Waals surface area contributed by atoms with Crippen molar-refractivity contribution in [3.63, 3.8) is 0 Å². The topological polar surface area (TPSA) is 119 Å². The van der Waals surface area contributed by atoms with Gasteiger partial charge in [-0.2, -0.15) is 0 Å². The molecule has 4 aromatic carbocycles. The second kappa shape index (κ2) is 12.1. The molecule has 0 radical (unpaired) electrons. The second-order valence-corrected chi connectivity index (χ2v) is 11.2. The number of ether oxygens (including phenoxy) is 3. The Kier molecular flexibility index (Phi) is 8.53. The molecule has 0 aliphatic carbocycles. The summed E-state index contributed by atoms with van der Waals surface area (Å²) < 4.78 is 18.1. The zero-order chi connectivity index (χ0) is 30.9. The van der Waals surface area contributed by atoms with Crippen LogP contribution in [0.1, 0.15) is 49.0 Å². The number of fused-ring (bicyclic) bond motifs is 2. The first-order valence-electron chi connectivity index (χ1n) is 13.6. The molecule has 10 heteroatoms. The lowest BCUT2D eigenvalue weighted by Gasteiger charge is -2.37. The van der Waals surface area contributed by atoms with Crippen LogP contribution in [-0.2, 0) is 14.3 Å². The van der Waals surface area contributed by atoms with Gasteiger partial charge in [0.1, 0.15) is 17.3 Å². The standard InChI is InChI=1S/C33H28Cl2O8/c1-3-18-12-13-33(2,32(40)24-15-26(35)20-9-5-7-11-22(20)31(24)42-17-28(38)39)43-29(18)23-14-25(34)19-8-4-6-10-21(19)30(23)41-16-27(36)37/h4-11,14-15H,3,12-13,16-17H2,1-2H3,(H,36,37)(H,38,39). The van der Waals surface area contributed by atoms with Gasteiger partial charge in [0.15, 0.2) is 18.8 Å². The largest absolute Gasteiger partial charge is 0.480 e. The molecule has 0 fully saturated rings. The van der Waals surface area contributed by atoms with Crippen molar-refractivity contribution in [2.45, 2.75) is 38.7 Å². The summed E-state index contributed by atoms with van der Waals surface area (Å²) in [5.74, 6) is -2.05. The molecule has 0 aromatic heterocycles. The third kappa shape index (κ3) is 5.85. The van der Waals surface area contributed by atoms with Crippen molar-refractivity contribution >= 4 is 68.2 Å². The van der Waals surface area contributed by atoms with Gasteiger partial charge in [-0.15, -0.1) is 0 Å². The maximum Gasteiger partial charge on any atom is 0.341 e. The summed E-state index contributed by atoms with van der Waals surface area (Å²) in [4.78, 5) is 37.3. The van der Waals surface area contributed by atoms with Gasteiger partial charge in [0.2, 0.25) is 5.78 Å². The number of ketones is 1. The minimum atomic E-state index is -1.43. The average molecular weight is 623 g/mol. The third-order valence-electron chi connectivity index (χ3n) is 7.52. The number of carbonyl (C=O) groups excluding carboxylic acids is 1. The van der Waals surface area contributed by atoms with E-state index in [9.17, 15) is 24.6 Å². The minimum absolute atomic E-state index is 0.0886. The molecular formula is C33H28Cl2O8. The van der Waals surface area contributed by atoms with Crippen LogP contribution in [0.4, 0.5) is 0 Å². The lowest BCUT2D eigenvalue weighted by molar-refractivity contribution is -0.140. The number of hydrogen-bond acceptors (Lipinski definition) is 6. The Bertz CT molecular complexity index is 1810. The van der Waals surface area contributed by atoms with E-state index < -0.39 is 36.5 Å². The first-order chi connectivity index (χ1) is 20.5. The molecule has 1 atom stereocenters. The van der Waals surface area contributed by atoms with Crippen LogP contribution in [0.2, 0.25) is 10.0 Å². The molecule has 1 aliphatic heterocycles. The first-order valence-corrected chi connectivity index (χ1v) is 14.4. The fourth-order valence-corrected chi connectivity index (χ4v) is 5.95. The van der Waals surface area contributed by atoms with E-state index in [0.29, 0.717) is 62.2 Å². The highest BCUT2D eigenvalue weighted by atomic mass is 35.5. The van der Waals surface area contributed by atoms with Crippen LogP contribution in [0.15, 0.2) is 66.2 Å². The SMILES string of the molecule is CCC1=C(c2cc(Cl)c3ccccc3c2OCC(=O)O)OC(C)(C(=O)c2cc(Cl)c3ccccc3c2OCC(=O)O)CC1. The monoisotopic (exact) mass is 622 g/mol. The van der Waals surface area contributed by atoms with Crippen molar-refractivity contribution in [3.8, 4) is 11.5 Å². The minimum Gasteiger partial charge on any atom is -0.480 e. The van der Waals surface area contributed by atoms with E-state index in [1.54, 1.807) is 49.4 Å². The molecule has 0 spiro atoms. The number of aliphatic carboxylic acids is 2. The molecule has 1 unspecified atom stereocenters. The fourth-order valence-electron chi connectivity index (χ4n) is 5.40. The molecular weight excluding hydrogens is 595 g/mol. The molecule has 4 aromatic rings. The fraction of sp³-hybridized carbons (Fsp3) is 0.242. The molecule has 8 nitrogen and oxygen atoms in total. The number of allylic oxidation sites excluding steroid dienone is 1. The van der Waals surface area contributed by atoms with Crippen LogP contribution in [0.3, 0.4) is 0 Å². The molecule has 0 saturated carbocycles. The van der Waals surface area contributed by atoms with Crippen LogP contribution in [0.25, 0.3) is 27.3 Å². The normalized spacial score (nSPS) is 16.7. The molecule has 1 aliphatic rings. The zero-order valence-electron chi connectivity index (χ0n) is 23.4. The molecule has 0 amide bonds. The van der Waals surface area contributed by atoms with Gasteiger partial charge < -0.3 is 24.4 Å². The highest BCUT2D eigenvalue weighted by molar-refractivity contribution is 6.37. The Morgan fingerprint density at radius 1 is 0.837 bits per heavy atom. The van der Waals surface area contributed by atoms with E-state index in [4.69, 9.17) is 37.4 Å². The smallest absolute Gasteiger partial charge is 0.341 e. The summed E-state index contributed by atoms with van der Waals surface area (Å²) >= 11 is 13.3. The molecule has 2 N–H and O–H groups in total. The highest BCUT2D eigenvalue weighted by Crippen LogP contribution is 2.47. The van der Waals surface area contributed by atoms with E-state index in [1.807, 2.05) is 19.1 Å². The van der Waals surface area contributed by atoms with Crippen LogP contribution in [0, 0.1) is 0 Å². The van der Waals surface area contributed by atoms with E-state index in [0.717, 1.165) is 5.57 Å². The van der Waals surface area contributed by atoms with E-state index in [1.165, 1.54) is 6.07 Å². The Morgan fingerprint density at radius 2 is 1.35 bits per heavy atom. The van der Waals surface area contributed by atoms with Crippen LogP contribution < -0.4 is 9.47 Å². The number of hydrogen-bond donors (Lipinski definition) is 2. The third-order valence-corrected chi connectivity index (χ3v) is 8.14. The summed E-state index contributed by atoms with van der Waals surface area (Å²) in [6.45, 7) is 2.37. The predicted octanol–water partition coefficient (Wildman–Crippen LogP) is 7.80. The van der Waals surface area contributed by atoms with Crippen LogP contribution in [-0.4, -0.2) is 46.7 Å². The van der Waals surface area contributed by atoms with Gasteiger partial charge in [-0.25, -0.2) is 9.59 Å². The summed E-state index contributed by atoms with van der Waals surface area (Å²) in [7, 11) is 0. The van der Waals surface area contributed by atoms with E-state index in [-0.39, 0.29) is 17.1 Å². The van der Waals surface area contributed by atoms with Gasteiger partial charge >= 0.3 is 11.9 Å². The lowest BCUT2D eigenvalue weighted by atomic mass is 9.83. The van der Waals surface area contributed by atoms with E-state index >= 15 is 0 Å². The Labute approximate surface area is 257 Å². The van der Waals surface area contributed by atoms with Gasteiger partial charge in [0.25, 0.3) is 0 Å². The number of carbonyl (C=O) groups is 3. The first kappa shape index (κ1) is 30.2. The Hall–Kier alpha value is -4.27. The highest BCUT2D eigenvalue weighted by Gasteiger charge is 2.43. The Balaban J connectivity index is 1.64. The summed E-state index contributed by atoms with van der Waals surface area (Å²) in [5.41, 5.74) is -0.00990. The van der Waals surface area contributed by atoms with Crippen molar-refractivity contribution < 1.29 is 38.8 Å². The molecule has 0 saturated heterocycles. The molecule has 222 valence electrons. The quantitative estimate of drug-likeness (QED) is 0.172. The van der Waals surface area contributed by atoms with Crippen molar-refractivity contribution in [1.82, 2.24) is 0 Å².